The van der Waals surface area contributed by atoms with Crippen LogP contribution in [0.4, 0.5) is 5.69 Å². The van der Waals surface area contributed by atoms with Crippen LogP contribution in [0.5, 0.6) is 0 Å². The van der Waals surface area contributed by atoms with Crippen LogP contribution >= 0.6 is 15.9 Å². The Morgan fingerprint density at radius 1 is 1.44 bits per heavy atom. The number of rotatable bonds is 4. The van der Waals surface area contributed by atoms with Crippen molar-refractivity contribution >= 4 is 27.5 Å². The van der Waals surface area contributed by atoms with Gasteiger partial charge in [0.2, 0.25) is 5.91 Å². The number of halogens is 1. The maximum Gasteiger partial charge on any atom is 0.231 e. The molecule has 0 heterocycles. The molecule has 0 atom stereocenters. The van der Waals surface area contributed by atoms with Crippen molar-refractivity contribution < 1.29 is 4.79 Å². The van der Waals surface area contributed by atoms with Crippen molar-refractivity contribution in [2.24, 2.45) is 5.41 Å². The van der Waals surface area contributed by atoms with E-state index in [1.54, 1.807) is 0 Å². The molecule has 1 aliphatic rings. The van der Waals surface area contributed by atoms with E-state index >= 15 is 0 Å². The number of benzene rings is 1. The van der Waals surface area contributed by atoms with E-state index in [4.69, 9.17) is 0 Å². The Morgan fingerprint density at radius 2 is 2.17 bits per heavy atom. The van der Waals surface area contributed by atoms with Crippen LogP contribution in [0.2, 0.25) is 0 Å². The van der Waals surface area contributed by atoms with Gasteiger partial charge in [-0.05, 0) is 60.4 Å². The van der Waals surface area contributed by atoms with Gasteiger partial charge in [0.1, 0.15) is 0 Å². The molecule has 0 aromatic heterocycles. The topological polar surface area (TPSA) is 41.1 Å². The second-order valence-electron chi connectivity index (χ2n) is 5.10. The number of anilines is 1. The van der Waals surface area contributed by atoms with Crippen molar-refractivity contribution in [3.8, 4) is 0 Å². The molecule has 1 saturated carbocycles. The summed E-state index contributed by atoms with van der Waals surface area (Å²) in [5.74, 6) is 0.132. The predicted molar refractivity (Wildman–Crippen MR) is 77.7 cm³/mol. The average Bonchev–Trinajstić information content (AvgIpc) is 2.27. The smallest absolute Gasteiger partial charge is 0.231 e. The minimum Gasteiger partial charge on any atom is -0.325 e. The van der Waals surface area contributed by atoms with Crippen LogP contribution in [0.25, 0.3) is 0 Å². The lowest BCUT2D eigenvalue weighted by atomic mass is 9.68. The van der Waals surface area contributed by atoms with E-state index in [2.05, 4.69) is 26.6 Å². The van der Waals surface area contributed by atoms with Gasteiger partial charge >= 0.3 is 0 Å². The number of nitrogens with one attached hydrogen (secondary N) is 2. The first-order valence-electron chi connectivity index (χ1n) is 6.30. The highest BCUT2D eigenvalue weighted by Gasteiger charge is 2.43. The highest BCUT2D eigenvalue weighted by Crippen LogP contribution is 2.41. The van der Waals surface area contributed by atoms with Gasteiger partial charge in [-0.25, -0.2) is 0 Å². The second-order valence-corrected chi connectivity index (χ2v) is 5.96. The lowest BCUT2D eigenvalue weighted by molar-refractivity contribution is -0.129. The Morgan fingerprint density at radius 3 is 2.67 bits per heavy atom. The zero-order chi connectivity index (χ0) is 13.2. The molecule has 2 rings (SSSR count). The molecule has 1 aromatic rings. The Balaban J connectivity index is 2.11. The van der Waals surface area contributed by atoms with Crippen molar-refractivity contribution in [1.82, 2.24) is 5.32 Å². The standard InChI is InChI=1S/C14H19BrN2O/c1-10-4-5-12(11(15)8-10)17-13(18)14(9-16-2)6-3-7-14/h4-5,8,16H,3,6-7,9H2,1-2H3,(H,17,18). The summed E-state index contributed by atoms with van der Waals surface area (Å²) in [5.41, 5.74) is 1.82. The summed E-state index contributed by atoms with van der Waals surface area (Å²) in [5, 5.41) is 6.17. The van der Waals surface area contributed by atoms with Crippen LogP contribution in [-0.2, 0) is 4.79 Å². The summed E-state index contributed by atoms with van der Waals surface area (Å²) < 4.78 is 0.940. The molecule has 1 aromatic carbocycles. The van der Waals surface area contributed by atoms with Crippen LogP contribution in [0.1, 0.15) is 24.8 Å². The molecule has 0 saturated heterocycles. The second kappa shape index (κ2) is 5.41. The van der Waals surface area contributed by atoms with Crippen LogP contribution in [0.3, 0.4) is 0 Å². The average molecular weight is 311 g/mol. The summed E-state index contributed by atoms with van der Waals surface area (Å²) in [6.07, 6.45) is 3.09. The lowest BCUT2D eigenvalue weighted by Gasteiger charge is -2.40. The van der Waals surface area contributed by atoms with Gasteiger partial charge in [0.15, 0.2) is 0 Å². The van der Waals surface area contributed by atoms with Crippen molar-refractivity contribution in [1.29, 1.82) is 0 Å². The molecule has 3 nitrogen and oxygen atoms in total. The summed E-state index contributed by atoms with van der Waals surface area (Å²) in [4.78, 5) is 12.4. The zero-order valence-electron chi connectivity index (χ0n) is 10.8. The molecular formula is C14H19BrN2O. The molecule has 1 amide bonds. The molecule has 0 radical (unpaired) electrons. The monoisotopic (exact) mass is 310 g/mol. The molecule has 0 bridgehead atoms. The third-order valence-electron chi connectivity index (χ3n) is 3.68. The summed E-state index contributed by atoms with van der Waals surface area (Å²) in [6.45, 7) is 2.78. The minimum atomic E-state index is -0.209. The Labute approximate surface area is 116 Å². The van der Waals surface area contributed by atoms with Gasteiger partial charge in [-0.2, -0.15) is 0 Å². The molecule has 4 heteroatoms. The SMILES string of the molecule is CNCC1(C(=O)Nc2ccc(C)cc2Br)CCC1. The summed E-state index contributed by atoms with van der Waals surface area (Å²) in [6, 6.07) is 5.97. The zero-order valence-corrected chi connectivity index (χ0v) is 12.4. The van der Waals surface area contributed by atoms with E-state index in [0.717, 1.165) is 36.0 Å². The first-order chi connectivity index (χ1) is 8.57. The van der Waals surface area contributed by atoms with Crippen LogP contribution < -0.4 is 10.6 Å². The molecule has 98 valence electrons. The fraction of sp³-hybridized carbons (Fsp3) is 0.500. The number of hydrogen-bond donors (Lipinski definition) is 2. The van der Waals surface area contributed by atoms with Crippen LogP contribution in [0.15, 0.2) is 22.7 Å². The first-order valence-corrected chi connectivity index (χ1v) is 7.09. The lowest BCUT2D eigenvalue weighted by Crippen LogP contribution is -2.48. The molecule has 18 heavy (non-hydrogen) atoms. The van der Waals surface area contributed by atoms with E-state index in [-0.39, 0.29) is 11.3 Å². The van der Waals surface area contributed by atoms with E-state index in [1.165, 1.54) is 5.56 Å². The van der Waals surface area contributed by atoms with Gasteiger partial charge in [-0.1, -0.05) is 12.5 Å². The number of carbonyl (C=O) groups is 1. The molecule has 0 aliphatic heterocycles. The number of hydrogen-bond acceptors (Lipinski definition) is 2. The maximum absolute atomic E-state index is 12.4. The van der Waals surface area contributed by atoms with E-state index in [0.29, 0.717) is 0 Å². The highest BCUT2D eigenvalue weighted by atomic mass is 79.9. The number of aryl methyl sites for hydroxylation is 1. The largest absolute Gasteiger partial charge is 0.325 e. The summed E-state index contributed by atoms with van der Waals surface area (Å²) >= 11 is 3.49. The van der Waals surface area contributed by atoms with Gasteiger partial charge in [0, 0.05) is 11.0 Å². The van der Waals surface area contributed by atoms with E-state index in [9.17, 15) is 4.79 Å². The molecule has 2 N–H and O–H groups in total. The van der Waals surface area contributed by atoms with Crippen LogP contribution in [-0.4, -0.2) is 19.5 Å². The maximum atomic E-state index is 12.4. The van der Waals surface area contributed by atoms with Gasteiger partial charge in [-0.15, -0.1) is 0 Å². The molecular weight excluding hydrogens is 292 g/mol. The number of carbonyl (C=O) groups excluding carboxylic acids is 1. The van der Waals surface area contributed by atoms with Crippen LogP contribution in [0, 0.1) is 12.3 Å². The van der Waals surface area contributed by atoms with Crippen molar-refractivity contribution in [2.75, 3.05) is 18.9 Å². The van der Waals surface area contributed by atoms with Gasteiger partial charge in [0.05, 0.1) is 11.1 Å². The van der Waals surface area contributed by atoms with Gasteiger partial charge in [0.25, 0.3) is 0 Å². The molecule has 1 aliphatic carbocycles. The Bertz CT molecular complexity index is 455. The van der Waals surface area contributed by atoms with Crippen molar-refractivity contribution in [3.63, 3.8) is 0 Å². The third-order valence-corrected chi connectivity index (χ3v) is 4.34. The Kier molecular flexibility index (Phi) is 4.07. The van der Waals surface area contributed by atoms with Crippen molar-refractivity contribution in [2.45, 2.75) is 26.2 Å². The van der Waals surface area contributed by atoms with Gasteiger partial charge < -0.3 is 10.6 Å². The molecule has 0 unspecified atom stereocenters. The minimum absolute atomic E-state index is 0.132. The molecule has 0 spiro atoms. The first kappa shape index (κ1) is 13.6. The third kappa shape index (κ3) is 2.59. The van der Waals surface area contributed by atoms with E-state index < -0.39 is 0 Å². The summed E-state index contributed by atoms with van der Waals surface area (Å²) in [7, 11) is 1.90. The quantitative estimate of drug-likeness (QED) is 0.897. The van der Waals surface area contributed by atoms with Gasteiger partial charge in [-0.3, -0.25) is 4.79 Å². The fourth-order valence-corrected chi connectivity index (χ4v) is 2.99. The van der Waals surface area contributed by atoms with E-state index in [1.807, 2.05) is 32.2 Å². The molecule has 1 fully saturated rings. The highest BCUT2D eigenvalue weighted by molar-refractivity contribution is 9.10. The Hall–Kier alpha value is -0.870. The van der Waals surface area contributed by atoms with Crippen molar-refractivity contribution in [3.05, 3.63) is 28.2 Å². The number of amides is 1. The fourth-order valence-electron chi connectivity index (χ4n) is 2.40. The normalized spacial score (nSPS) is 17.1. The predicted octanol–water partition coefficient (Wildman–Crippen LogP) is 3.09.